The zero-order chi connectivity index (χ0) is 20.4. The molecule has 1 aliphatic heterocycles. The number of rotatable bonds is 5. The van der Waals surface area contributed by atoms with Gasteiger partial charge in [0.25, 0.3) is 5.91 Å². The Morgan fingerprint density at radius 3 is 2.41 bits per heavy atom. The van der Waals surface area contributed by atoms with Crippen molar-refractivity contribution in [1.82, 2.24) is 10.3 Å². The zero-order valence-electron chi connectivity index (χ0n) is 15.9. The van der Waals surface area contributed by atoms with Gasteiger partial charge in [0.15, 0.2) is 0 Å². The topological polar surface area (TPSA) is 79.4 Å². The SMILES string of the molecule is CS(=O)(=O)N1CCc2cc(C(=O)NC(c3ccccc3)c3ccncc3)ccc21. The molecule has 7 heteroatoms. The quantitative estimate of drug-likeness (QED) is 0.705. The van der Waals surface area contributed by atoms with Gasteiger partial charge in [-0.05, 0) is 53.4 Å². The molecule has 1 N–H and O–H groups in total. The Labute approximate surface area is 170 Å². The van der Waals surface area contributed by atoms with Crippen LogP contribution < -0.4 is 9.62 Å². The molecule has 3 aromatic rings. The fourth-order valence-electron chi connectivity index (χ4n) is 3.63. The molecule has 148 valence electrons. The van der Waals surface area contributed by atoms with Gasteiger partial charge in [0.2, 0.25) is 10.0 Å². The predicted molar refractivity (Wildman–Crippen MR) is 112 cm³/mol. The summed E-state index contributed by atoms with van der Waals surface area (Å²) >= 11 is 0. The molecule has 1 aromatic heterocycles. The highest BCUT2D eigenvalue weighted by Crippen LogP contribution is 2.31. The first-order valence-corrected chi connectivity index (χ1v) is 11.1. The number of nitrogens with zero attached hydrogens (tertiary/aromatic N) is 2. The molecule has 0 spiro atoms. The van der Waals surface area contributed by atoms with Gasteiger partial charge in [0, 0.05) is 24.5 Å². The summed E-state index contributed by atoms with van der Waals surface area (Å²) in [5.74, 6) is -0.212. The third-order valence-electron chi connectivity index (χ3n) is 5.04. The van der Waals surface area contributed by atoms with E-state index in [0.29, 0.717) is 24.2 Å². The van der Waals surface area contributed by atoms with E-state index in [4.69, 9.17) is 0 Å². The predicted octanol–water partition coefficient (Wildman–Crippen LogP) is 2.92. The monoisotopic (exact) mass is 407 g/mol. The average Bonchev–Trinajstić information content (AvgIpc) is 3.17. The summed E-state index contributed by atoms with van der Waals surface area (Å²) < 4.78 is 25.2. The van der Waals surface area contributed by atoms with Crippen molar-refractivity contribution in [2.75, 3.05) is 17.1 Å². The lowest BCUT2D eigenvalue weighted by atomic mass is 9.99. The number of anilines is 1. The zero-order valence-corrected chi connectivity index (χ0v) is 16.8. The summed E-state index contributed by atoms with van der Waals surface area (Å²) in [6.07, 6.45) is 5.19. The van der Waals surface area contributed by atoms with Crippen LogP contribution in [0.2, 0.25) is 0 Å². The highest BCUT2D eigenvalue weighted by Gasteiger charge is 2.27. The number of hydrogen-bond acceptors (Lipinski definition) is 4. The average molecular weight is 407 g/mol. The Morgan fingerprint density at radius 2 is 1.72 bits per heavy atom. The largest absolute Gasteiger partial charge is 0.341 e. The van der Waals surface area contributed by atoms with Gasteiger partial charge in [0.05, 0.1) is 18.0 Å². The van der Waals surface area contributed by atoms with E-state index in [1.807, 2.05) is 42.5 Å². The molecule has 2 aromatic carbocycles. The highest BCUT2D eigenvalue weighted by molar-refractivity contribution is 7.92. The first-order chi connectivity index (χ1) is 13.9. The van der Waals surface area contributed by atoms with Gasteiger partial charge < -0.3 is 5.32 Å². The number of carbonyl (C=O) groups is 1. The summed E-state index contributed by atoms with van der Waals surface area (Å²) in [6, 6.07) is 18.4. The molecule has 0 aliphatic carbocycles. The van der Waals surface area contributed by atoms with Gasteiger partial charge in [-0.15, -0.1) is 0 Å². The van der Waals surface area contributed by atoms with Gasteiger partial charge in [-0.1, -0.05) is 30.3 Å². The molecule has 1 aliphatic rings. The molecule has 0 saturated carbocycles. The number of aromatic nitrogens is 1. The second-order valence-electron chi connectivity index (χ2n) is 7.03. The number of amides is 1. The lowest BCUT2D eigenvalue weighted by molar-refractivity contribution is 0.0943. The van der Waals surface area contributed by atoms with Crippen LogP contribution in [0.15, 0.2) is 73.1 Å². The molecule has 0 fully saturated rings. The van der Waals surface area contributed by atoms with Crippen molar-refractivity contribution in [2.24, 2.45) is 0 Å². The van der Waals surface area contributed by atoms with Crippen LogP contribution in [0.5, 0.6) is 0 Å². The molecular weight excluding hydrogens is 386 g/mol. The number of hydrogen-bond donors (Lipinski definition) is 1. The van der Waals surface area contributed by atoms with E-state index in [1.165, 1.54) is 10.6 Å². The lowest BCUT2D eigenvalue weighted by Crippen LogP contribution is -2.29. The van der Waals surface area contributed by atoms with Gasteiger partial charge in [-0.2, -0.15) is 0 Å². The van der Waals surface area contributed by atoms with Crippen LogP contribution in [0.4, 0.5) is 5.69 Å². The highest BCUT2D eigenvalue weighted by atomic mass is 32.2. The summed E-state index contributed by atoms with van der Waals surface area (Å²) in [5.41, 5.74) is 3.93. The van der Waals surface area contributed by atoms with Crippen molar-refractivity contribution < 1.29 is 13.2 Å². The molecule has 6 nitrogen and oxygen atoms in total. The van der Waals surface area contributed by atoms with Gasteiger partial charge in [-0.25, -0.2) is 8.42 Å². The molecule has 1 atom stereocenters. The van der Waals surface area contributed by atoms with Crippen molar-refractivity contribution in [1.29, 1.82) is 0 Å². The molecule has 1 amide bonds. The van der Waals surface area contributed by atoms with E-state index in [0.717, 1.165) is 16.7 Å². The summed E-state index contributed by atoms with van der Waals surface area (Å²) in [6.45, 7) is 0.406. The van der Waals surface area contributed by atoms with E-state index in [9.17, 15) is 13.2 Å². The molecule has 0 saturated heterocycles. The molecular formula is C22H21N3O3S. The van der Waals surface area contributed by atoms with Crippen molar-refractivity contribution in [2.45, 2.75) is 12.5 Å². The Balaban J connectivity index is 1.62. The number of carbonyl (C=O) groups excluding carboxylic acids is 1. The number of benzene rings is 2. The number of pyridine rings is 1. The van der Waals surface area contributed by atoms with Crippen LogP contribution >= 0.6 is 0 Å². The van der Waals surface area contributed by atoms with Crippen molar-refractivity contribution in [3.05, 3.63) is 95.3 Å². The van der Waals surface area contributed by atoms with E-state index in [2.05, 4.69) is 10.3 Å². The minimum Gasteiger partial charge on any atom is -0.341 e. The van der Waals surface area contributed by atoms with Gasteiger partial charge in [-0.3, -0.25) is 14.1 Å². The third kappa shape index (κ3) is 4.00. The Bertz CT molecular complexity index is 1090. The lowest BCUT2D eigenvalue weighted by Gasteiger charge is -2.20. The molecule has 1 unspecified atom stereocenters. The maximum absolute atomic E-state index is 13.0. The smallest absolute Gasteiger partial charge is 0.252 e. The Morgan fingerprint density at radius 1 is 1.03 bits per heavy atom. The van der Waals surface area contributed by atoms with Crippen molar-refractivity contribution >= 4 is 21.6 Å². The summed E-state index contributed by atoms with van der Waals surface area (Å²) in [7, 11) is -3.31. The van der Waals surface area contributed by atoms with Crippen LogP contribution in [0.3, 0.4) is 0 Å². The first kappa shape index (κ1) is 19.1. The second-order valence-corrected chi connectivity index (χ2v) is 8.93. The van der Waals surface area contributed by atoms with Crippen LogP contribution in [0.1, 0.15) is 33.1 Å². The van der Waals surface area contributed by atoms with Crippen LogP contribution in [0, 0.1) is 0 Å². The Hall–Kier alpha value is -3.19. The molecule has 4 rings (SSSR count). The third-order valence-corrected chi connectivity index (χ3v) is 6.22. The fraction of sp³-hybridized carbons (Fsp3) is 0.182. The van der Waals surface area contributed by atoms with Crippen LogP contribution in [-0.4, -0.2) is 32.1 Å². The van der Waals surface area contributed by atoms with Gasteiger partial charge >= 0.3 is 0 Å². The molecule has 0 radical (unpaired) electrons. The van der Waals surface area contributed by atoms with E-state index in [1.54, 1.807) is 30.6 Å². The van der Waals surface area contributed by atoms with Crippen molar-refractivity contribution in [3.63, 3.8) is 0 Å². The van der Waals surface area contributed by atoms with Crippen LogP contribution in [-0.2, 0) is 16.4 Å². The molecule has 29 heavy (non-hydrogen) atoms. The number of nitrogens with one attached hydrogen (secondary N) is 1. The van der Waals surface area contributed by atoms with Gasteiger partial charge in [0.1, 0.15) is 0 Å². The van der Waals surface area contributed by atoms with Crippen molar-refractivity contribution in [3.8, 4) is 0 Å². The molecule has 2 heterocycles. The maximum Gasteiger partial charge on any atom is 0.252 e. The first-order valence-electron chi connectivity index (χ1n) is 9.30. The maximum atomic E-state index is 13.0. The minimum absolute atomic E-state index is 0.212. The standard InChI is InChI=1S/C22H21N3O3S/c1-29(27,28)25-14-11-18-15-19(7-8-20(18)25)22(26)24-21(16-5-3-2-4-6-16)17-9-12-23-13-10-17/h2-10,12-13,15,21H,11,14H2,1H3,(H,24,26). The van der Waals surface area contributed by atoms with E-state index >= 15 is 0 Å². The van der Waals surface area contributed by atoms with E-state index < -0.39 is 10.0 Å². The molecule has 0 bridgehead atoms. The van der Waals surface area contributed by atoms with Crippen LogP contribution in [0.25, 0.3) is 0 Å². The fourth-order valence-corrected chi connectivity index (χ4v) is 4.59. The normalized spacial score (nSPS) is 14.3. The summed E-state index contributed by atoms with van der Waals surface area (Å²) in [4.78, 5) is 17.1. The number of fused-ring (bicyclic) bond motifs is 1. The Kier molecular flexibility index (Phi) is 5.07. The number of sulfonamides is 1. The summed E-state index contributed by atoms with van der Waals surface area (Å²) in [5, 5.41) is 3.10. The second kappa shape index (κ2) is 7.67. The minimum atomic E-state index is -3.31. The van der Waals surface area contributed by atoms with E-state index in [-0.39, 0.29) is 11.9 Å².